The van der Waals surface area contributed by atoms with Gasteiger partial charge in [0.1, 0.15) is 0 Å². The molecule has 4 nitrogen and oxygen atoms in total. The van der Waals surface area contributed by atoms with Gasteiger partial charge in [-0.1, -0.05) is 6.58 Å². The summed E-state index contributed by atoms with van der Waals surface area (Å²) in [6, 6.07) is 0. The predicted octanol–water partition coefficient (Wildman–Crippen LogP) is -0.230. The molecule has 0 bridgehead atoms. The molecule has 0 unspecified atom stereocenters. The number of nitrogens with one attached hydrogen (secondary N) is 1. The fourth-order valence-electron chi connectivity index (χ4n) is 0.637. The van der Waals surface area contributed by atoms with E-state index in [1.807, 2.05) is 0 Å². The van der Waals surface area contributed by atoms with Crippen LogP contribution in [0, 0.1) is 0 Å². The minimum Gasteiger partial charge on any atom is -0.368 e. The molecule has 0 rings (SSSR count). The van der Waals surface area contributed by atoms with Gasteiger partial charge in [0.05, 0.1) is 0 Å². The molecule has 0 aromatic heterocycles. The summed E-state index contributed by atoms with van der Waals surface area (Å²) in [5.74, 6) is -0.192. The average molecular weight is 173 g/mol. The Morgan fingerprint density at radius 1 is 1.58 bits per heavy atom. The van der Waals surface area contributed by atoms with Crippen molar-refractivity contribution in [2.24, 2.45) is 0 Å². The SMILES string of the molecule is C=C(C)C(=O)NCCCC(O)O. The second-order valence-corrected chi connectivity index (χ2v) is 2.66. The Morgan fingerprint density at radius 3 is 2.58 bits per heavy atom. The van der Waals surface area contributed by atoms with Crippen LogP contribution in [0.1, 0.15) is 19.8 Å². The number of hydrogen-bond donors (Lipinski definition) is 3. The second-order valence-electron chi connectivity index (χ2n) is 2.66. The van der Waals surface area contributed by atoms with Gasteiger partial charge < -0.3 is 15.5 Å². The quantitative estimate of drug-likeness (QED) is 0.305. The average Bonchev–Trinajstić information content (AvgIpc) is 1.97. The van der Waals surface area contributed by atoms with Crippen LogP contribution in [0.15, 0.2) is 12.2 Å². The van der Waals surface area contributed by atoms with Crippen LogP contribution in [0.4, 0.5) is 0 Å². The number of hydrogen-bond acceptors (Lipinski definition) is 3. The van der Waals surface area contributed by atoms with Gasteiger partial charge >= 0.3 is 0 Å². The van der Waals surface area contributed by atoms with Crippen LogP contribution in [0.3, 0.4) is 0 Å². The Labute approximate surface area is 71.9 Å². The maximum absolute atomic E-state index is 10.9. The predicted molar refractivity (Wildman–Crippen MR) is 45.3 cm³/mol. The maximum atomic E-state index is 10.9. The normalized spacial score (nSPS) is 10.0. The molecule has 0 aromatic carbocycles. The second kappa shape index (κ2) is 5.74. The van der Waals surface area contributed by atoms with E-state index in [0.717, 1.165) is 0 Å². The molecule has 0 saturated carbocycles. The summed E-state index contributed by atoms with van der Waals surface area (Å²) in [4.78, 5) is 10.9. The molecule has 0 spiro atoms. The fourth-order valence-corrected chi connectivity index (χ4v) is 0.637. The standard InChI is InChI=1S/C8H15NO3/c1-6(2)8(12)9-5-3-4-7(10)11/h7,10-11H,1,3-5H2,2H3,(H,9,12). The highest BCUT2D eigenvalue weighted by molar-refractivity contribution is 5.91. The van der Waals surface area contributed by atoms with Gasteiger partial charge in [-0.2, -0.15) is 0 Å². The molecule has 4 heteroatoms. The number of carbonyl (C=O) groups is 1. The van der Waals surface area contributed by atoms with E-state index in [1.54, 1.807) is 6.92 Å². The molecule has 0 saturated heterocycles. The molecular formula is C8H15NO3. The van der Waals surface area contributed by atoms with Crippen molar-refractivity contribution in [3.63, 3.8) is 0 Å². The number of aliphatic hydroxyl groups excluding tert-OH is 1. The molecule has 0 heterocycles. The Bertz CT molecular complexity index is 166. The smallest absolute Gasteiger partial charge is 0.246 e. The first kappa shape index (κ1) is 11.1. The summed E-state index contributed by atoms with van der Waals surface area (Å²) in [5, 5.41) is 19.5. The van der Waals surface area contributed by atoms with Crippen molar-refractivity contribution >= 4 is 5.91 Å². The molecule has 0 fully saturated rings. The highest BCUT2D eigenvalue weighted by Gasteiger charge is 2.00. The third kappa shape index (κ3) is 5.88. The van der Waals surface area contributed by atoms with Gasteiger partial charge in [-0.25, -0.2) is 0 Å². The number of carbonyl (C=O) groups excluding carboxylic acids is 1. The van der Waals surface area contributed by atoms with Crippen molar-refractivity contribution in [3.05, 3.63) is 12.2 Å². The highest BCUT2D eigenvalue weighted by Crippen LogP contribution is 1.92. The molecule has 0 aliphatic heterocycles. The van der Waals surface area contributed by atoms with Crippen molar-refractivity contribution < 1.29 is 15.0 Å². The molecule has 0 atom stereocenters. The minimum atomic E-state index is -1.29. The highest BCUT2D eigenvalue weighted by atomic mass is 16.5. The van der Waals surface area contributed by atoms with Crippen LogP contribution in [0.2, 0.25) is 0 Å². The summed E-state index contributed by atoms with van der Waals surface area (Å²) < 4.78 is 0. The molecular weight excluding hydrogens is 158 g/mol. The van der Waals surface area contributed by atoms with Crippen LogP contribution in [-0.2, 0) is 4.79 Å². The van der Waals surface area contributed by atoms with Crippen LogP contribution >= 0.6 is 0 Å². The van der Waals surface area contributed by atoms with E-state index >= 15 is 0 Å². The van der Waals surface area contributed by atoms with Gasteiger partial charge in [-0.15, -0.1) is 0 Å². The summed E-state index contributed by atoms with van der Waals surface area (Å²) >= 11 is 0. The molecule has 12 heavy (non-hydrogen) atoms. The van der Waals surface area contributed by atoms with Gasteiger partial charge in [-0.05, 0) is 19.8 Å². The van der Waals surface area contributed by atoms with Crippen molar-refractivity contribution in [2.75, 3.05) is 6.54 Å². The zero-order valence-electron chi connectivity index (χ0n) is 7.21. The van der Waals surface area contributed by atoms with Crippen LogP contribution in [-0.4, -0.2) is 29.0 Å². The topological polar surface area (TPSA) is 69.6 Å². The lowest BCUT2D eigenvalue weighted by atomic mass is 10.3. The Balaban J connectivity index is 3.32. The zero-order valence-corrected chi connectivity index (χ0v) is 7.21. The largest absolute Gasteiger partial charge is 0.368 e. The third-order valence-electron chi connectivity index (χ3n) is 1.31. The van der Waals surface area contributed by atoms with E-state index in [-0.39, 0.29) is 12.3 Å². The van der Waals surface area contributed by atoms with Crippen LogP contribution in [0.5, 0.6) is 0 Å². The van der Waals surface area contributed by atoms with E-state index in [4.69, 9.17) is 10.2 Å². The molecule has 0 aliphatic carbocycles. The Morgan fingerprint density at radius 2 is 2.17 bits per heavy atom. The van der Waals surface area contributed by atoms with Crippen LogP contribution < -0.4 is 5.32 Å². The van der Waals surface area contributed by atoms with Gasteiger partial charge in [0.15, 0.2) is 6.29 Å². The van der Waals surface area contributed by atoms with Crippen molar-refractivity contribution in [1.29, 1.82) is 0 Å². The van der Waals surface area contributed by atoms with Gasteiger partial charge in [0.2, 0.25) is 5.91 Å². The first-order chi connectivity index (χ1) is 5.54. The molecule has 3 N–H and O–H groups in total. The monoisotopic (exact) mass is 173 g/mol. The van der Waals surface area contributed by atoms with E-state index < -0.39 is 6.29 Å². The molecule has 0 aliphatic rings. The van der Waals surface area contributed by atoms with E-state index in [1.165, 1.54) is 0 Å². The summed E-state index contributed by atoms with van der Waals surface area (Å²) in [5.41, 5.74) is 0.458. The molecule has 0 radical (unpaired) electrons. The van der Waals surface area contributed by atoms with E-state index in [9.17, 15) is 4.79 Å². The van der Waals surface area contributed by atoms with Gasteiger partial charge in [0.25, 0.3) is 0 Å². The molecule has 1 amide bonds. The summed E-state index contributed by atoms with van der Waals surface area (Å²) in [6.07, 6.45) is -0.459. The number of rotatable bonds is 5. The first-order valence-electron chi connectivity index (χ1n) is 3.84. The summed E-state index contributed by atoms with van der Waals surface area (Å²) in [7, 11) is 0. The lowest BCUT2D eigenvalue weighted by molar-refractivity contribution is -0.117. The van der Waals surface area contributed by atoms with Gasteiger partial charge in [0, 0.05) is 12.1 Å². The fraction of sp³-hybridized carbons (Fsp3) is 0.625. The molecule has 70 valence electrons. The summed E-state index contributed by atoms with van der Waals surface area (Å²) in [6.45, 7) is 5.53. The van der Waals surface area contributed by atoms with Crippen molar-refractivity contribution in [2.45, 2.75) is 26.1 Å². The Kier molecular flexibility index (Phi) is 5.32. The lowest BCUT2D eigenvalue weighted by Crippen LogP contribution is -2.25. The molecule has 0 aromatic rings. The number of amides is 1. The first-order valence-corrected chi connectivity index (χ1v) is 3.84. The minimum absolute atomic E-state index is 0.192. The van der Waals surface area contributed by atoms with Gasteiger partial charge in [-0.3, -0.25) is 4.79 Å². The van der Waals surface area contributed by atoms with Crippen molar-refractivity contribution in [3.8, 4) is 0 Å². The van der Waals surface area contributed by atoms with Crippen molar-refractivity contribution in [1.82, 2.24) is 5.32 Å². The zero-order chi connectivity index (χ0) is 9.56. The maximum Gasteiger partial charge on any atom is 0.246 e. The third-order valence-corrected chi connectivity index (χ3v) is 1.31. The Hall–Kier alpha value is -0.870. The number of aliphatic hydroxyl groups is 2. The van der Waals surface area contributed by atoms with Crippen LogP contribution in [0.25, 0.3) is 0 Å². The lowest BCUT2D eigenvalue weighted by Gasteiger charge is -2.05. The van der Waals surface area contributed by atoms with E-state index in [0.29, 0.717) is 18.5 Å². The van der Waals surface area contributed by atoms with E-state index in [2.05, 4.69) is 11.9 Å².